The summed E-state index contributed by atoms with van der Waals surface area (Å²) in [4.78, 5) is 2.15. The zero-order valence-corrected chi connectivity index (χ0v) is 11.7. The largest absolute Gasteiger partial charge is 0.134 e. The molecule has 2 rings (SSSR count). The molecule has 0 aromatic carbocycles. The zero-order valence-electron chi connectivity index (χ0n) is 6.88. The molecule has 0 fully saturated rings. The minimum Gasteiger partial charge on any atom is -0.134 e. The maximum absolute atomic E-state index is 3.45. The smallest absolute Gasteiger partial charge is 0.0914 e. The van der Waals surface area contributed by atoms with Gasteiger partial charge in [-0.15, -0.1) is 22.7 Å². The third-order valence-corrected chi connectivity index (χ3v) is 5.03. The summed E-state index contributed by atoms with van der Waals surface area (Å²) in [5.41, 5.74) is 0. The summed E-state index contributed by atoms with van der Waals surface area (Å²) in [6.07, 6.45) is 0. The Hall–Kier alpha value is -0.0800. The first-order valence-electron chi connectivity index (χ1n) is 3.75. The van der Waals surface area contributed by atoms with Crippen molar-refractivity contribution < 1.29 is 0 Å². The van der Waals surface area contributed by atoms with Crippen molar-refractivity contribution in [1.82, 2.24) is 0 Å². The van der Waals surface area contributed by atoms with E-state index in [0.717, 1.165) is 18.7 Å². The van der Waals surface area contributed by atoms with Crippen LogP contribution in [-0.4, -0.2) is 0 Å². The highest BCUT2D eigenvalue weighted by atomic mass is 79.9. The topological polar surface area (TPSA) is 0 Å². The van der Waals surface area contributed by atoms with E-state index in [1.54, 1.807) is 22.7 Å². The molecule has 0 amide bonds. The molecule has 0 bridgehead atoms. The zero-order chi connectivity index (χ0) is 9.97. The number of rotatable bonds is 0. The Balaban J connectivity index is 2.31. The van der Waals surface area contributed by atoms with E-state index in [0.29, 0.717) is 0 Å². The van der Waals surface area contributed by atoms with E-state index in [1.165, 1.54) is 0 Å². The fourth-order valence-corrected chi connectivity index (χ4v) is 3.51. The van der Waals surface area contributed by atoms with Crippen LogP contribution < -0.4 is 0 Å². The van der Waals surface area contributed by atoms with E-state index in [1.807, 2.05) is 22.9 Å². The maximum atomic E-state index is 3.45. The van der Waals surface area contributed by atoms with Gasteiger partial charge in [0.2, 0.25) is 0 Å². The second-order valence-electron chi connectivity index (χ2n) is 2.45. The minimum atomic E-state index is 1.07. The molecule has 0 saturated carbocycles. The molecule has 2 heterocycles. The van der Waals surface area contributed by atoms with E-state index >= 15 is 0 Å². The maximum Gasteiger partial charge on any atom is 0.0914 e. The molecule has 14 heavy (non-hydrogen) atoms. The summed E-state index contributed by atoms with van der Waals surface area (Å²) in [7, 11) is 0. The fourth-order valence-electron chi connectivity index (χ4n) is 0.879. The highest BCUT2D eigenvalue weighted by Gasteiger charge is 1.98. The van der Waals surface area contributed by atoms with Crippen molar-refractivity contribution >= 4 is 54.5 Å². The molecular weight excluding hydrogens is 344 g/mol. The van der Waals surface area contributed by atoms with Crippen molar-refractivity contribution in [2.45, 2.75) is 0 Å². The predicted octanol–water partition coefficient (Wildman–Crippen LogP) is 4.73. The highest BCUT2D eigenvalue weighted by molar-refractivity contribution is 9.10. The van der Waals surface area contributed by atoms with Crippen LogP contribution in [0.4, 0.5) is 0 Å². The second kappa shape index (κ2) is 4.63. The second-order valence-corrected chi connectivity index (χ2v) is 5.99. The molecule has 0 aliphatic rings. The van der Waals surface area contributed by atoms with Crippen LogP contribution >= 0.6 is 54.5 Å². The van der Waals surface area contributed by atoms with E-state index in [-0.39, 0.29) is 0 Å². The number of hydrogen-bond donors (Lipinski definition) is 0. The number of thiophene rings is 2. The lowest BCUT2D eigenvalue weighted by molar-refractivity contribution is 1.79. The van der Waals surface area contributed by atoms with E-state index in [2.05, 4.69) is 43.7 Å². The van der Waals surface area contributed by atoms with Gasteiger partial charge >= 0.3 is 0 Å². The summed E-state index contributed by atoms with van der Waals surface area (Å²) in [5.74, 6) is 6.28. The molecule has 2 aromatic heterocycles. The molecular formula is C10H4Br2S2. The van der Waals surface area contributed by atoms with Crippen LogP contribution in [0.3, 0.4) is 0 Å². The van der Waals surface area contributed by atoms with Crippen molar-refractivity contribution in [2.75, 3.05) is 0 Å². The average molecular weight is 348 g/mol. The molecule has 4 heteroatoms. The Morgan fingerprint density at radius 3 is 1.57 bits per heavy atom. The summed E-state index contributed by atoms with van der Waals surface area (Å²) in [6, 6.07) is 4.02. The lowest BCUT2D eigenvalue weighted by Crippen LogP contribution is -1.67. The molecule has 0 atom stereocenters. The lowest BCUT2D eigenvalue weighted by atomic mass is 10.4. The van der Waals surface area contributed by atoms with Gasteiger partial charge in [0, 0.05) is 8.95 Å². The van der Waals surface area contributed by atoms with Crippen LogP contribution in [0.1, 0.15) is 9.75 Å². The third-order valence-electron chi connectivity index (χ3n) is 1.52. The minimum absolute atomic E-state index is 1.07. The Bertz CT molecular complexity index is 455. The van der Waals surface area contributed by atoms with Crippen LogP contribution in [0.2, 0.25) is 0 Å². The first-order chi connectivity index (χ1) is 6.77. The Morgan fingerprint density at radius 1 is 0.857 bits per heavy atom. The Kier molecular flexibility index (Phi) is 3.45. The number of hydrogen-bond acceptors (Lipinski definition) is 2. The van der Waals surface area contributed by atoms with Gasteiger partial charge in [-0.25, -0.2) is 0 Å². The molecule has 0 saturated heterocycles. The van der Waals surface area contributed by atoms with Crippen LogP contribution in [0.15, 0.2) is 31.8 Å². The van der Waals surface area contributed by atoms with Crippen molar-refractivity contribution in [3.8, 4) is 11.8 Å². The van der Waals surface area contributed by atoms with Crippen molar-refractivity contribution in [3.05, 3.63) is 41.6 Å². The molecule has 0 spiro atoms. The van der Waals surface area contributed by atoms with Gasteiger partial charge in [0.05, 0.1) is 9.75 Å². The van der Waals surface area contributed by atoms with Crippen LogP contribution in [0, 0.1) is 11.8 Å². The summed E-state index contributed by atoms with van der Waals surface area (Å²) in [6.45, 7) is 0. The van der Waals surface area contributed by atoms with E-state index in [9.17, 15) is 0 Å². The molecule has 70 valence electrons. The quantitative estimate of drug-likeness (QED) is 0.604. The monoisotopic (exact) mass is 346 g/mol. The fraction of sp³-hybridized carbons (Fsp3) is 0. The Morgan fingerprint density at radius 2 is 1.29 bits per heavy atom. The molecule has 0 nitrogen and oxygen atoms in total. The summed E-state index contributed by atoms with van der Waals surface area (Å²) in [5, 5.41) is 4.05. The van der Waals surface area contributed by atoms with Gasteiger partial charge in [0.25, 0.3) is 0 Å². The van der Waals surface area contributed by atoms with Crippen LogP contribution in [-0.2, 0) is 0 Å². The van der Waals surface area contributed by atoms with Gasteiger partial charge in [-0.2, -0.15) is 0 Å². The van der Waals surface area contributed by atoms with Gasteiger partial charge in [0.15, 0.2) is 0 Å². The highest BCUT2D eigenvalue weighted by Crippen LogP contribution is 2.24. The summed E-state index contributed by atoms with van der Waals surface area (Å²) >= 11 is 10.2. The van der Waals surface area contributed by atoms with Gasteiger partial charge in [-0.05, 0) is 66.6 Å². The van der Waals surface area contributed by atoms with E-state index in [4.69, 9.17) is 0 Å². The Labute approximate surface area is 107 Å². The van der Waals surface area contributed by atoms with Crippen molar-refractivity contribution in [3.63, 3.8) is 0 Å². The van der Waals surface area contributed by atoms with Crippen molar-refractivity contribution in [1.29, 1.82) is 0 Å². The number of halogens is 2. The van der Waals surface area contributed by atoms with E-state index < -0.39 is 0 Å². The SMILES string of the molecule is Brc1ccsc1C#Cc1sccc1Br. The van der Waals surface area contributed by atoms with Gasteiger partial charge in [0.1, 0.15) is 0 Å². The molecule has 0 N–H and O–H groups in total. The first kappa shape index (κ1) is 10.4. The van der Waals surface area contributed by atoms with Gasteiger partial charge < -0.3 is 0 Å². The lowest BCUT2D eigenvalue weighted by Gasteiger charge is -1.83. The normalized spacial score (nSPS) is 9.57. The molecule has 2 aromatic rings. The van der Waals surface area contributed by atoms with Crippen LogP contribution in [0.25, 0.3) is 0 Å². The first-order valence-corrected chi connectivity index (χ1v) is 7.10. The summed E-state index contributed by atoms with van der Waals surface area (Å²) < 4.78 is 2.14. The van der Waals surface area contributed by atoms with Crippen molar-refractivity contribution in [2.24, 2.45) is 0 Å². The average Bonchev–Trinajstić information content (AvgIpc) is 2.72. The standard InChI is InChI=1S/C10H4Br2S2/c11-7-3-5-13-9(7)1-2-10-8(12)4-6-14-10/h3-6H. The molecule has 0 unspecified atom stereocenters. The third kappa shape index (κ3) is 2.29. The molecule has 0 radical (unpaired) electrons. The van der Waals surface area contributed by atoms with Gasteiger partial charge in [-0.1, -0.05) is 0 Å². The molecule has 0 aliphatic carbocycles. The van der Waals surface area contributed by atoms with Crippen LogP contribution in [0.5, 0.6) is 0 Å². The predicted molar refractivity (Wildman–Crippen MR) is 70.0 cm³/mol. The molecule has 0 aliphatic heterocycles. The van der Waals surface area contributed by atoms with Gasteiger partial charge in [-0.3, -0.25) is 0 Å².